The van der Waals surface area contributed by atoms with Crippen LogP contribution in [0.3, 0.4) is 0 Å². The highest BCUT2D eigenvalue weighted by molar-refractivity contribution is 5.71. The van der Waals surface area contributed by atoms with Gasteiger partial charge in [0.2, 0.25) is 5.82 Å². The van der Waals surface area contributed by atoms with Crippen molar-refractivity contribution in [1.29, 1.82) is 0 Å². The lowest BCUT2D eigenvalue weighted by Gasteiger charge is -2.33. The molecule has 1 nitrogen and oxygen atoms in total. The first-order valence-corrected chi connectivity index (χ1v) is 11.9. The van der Waals surface area contributed by atoms with E-state index < -0.39 is 46.9 Å². The van der Waals surface area contributed by atoms with Gasteiger partial charge in [-0.2, -0.15) is 13.2 Å². The van der Waals surface area contributed by atoms with E-state index in [4.69, 9.17) is 4.74 Å². The van der Waals surface area contributed by atoms with Gasteiger partial charge in [-0.05, 0) is 72.6 Å². The Hall–Kier alpha value is -3.03. The van der Waals surface area contributed by atoms with Crippen LogP contribution < -0.4 is 4.74 Å². The van der Waals surface area contributed by atoms with Crippen LogP contribution in [0.4, 0.5) is 30.7 Å². The molecule has 0 spiro atoms. The van der Waals surface area contributed by atoms with E-state index in [2.05, 4.69) is 0 Å². The van der Waals surface area contributed by atoms with Crippen LogP contribution in [0, 0.1) is 40.9 Å². The van der Waals surface area contributed by atoms with Crippen molar-refractivity contribution in [2.45, 2.75) is 51.6 Å². The first-order valence-electron chi connectivity index (χ1n) is 11.9. The molecule has 0 atom stereocenters. The van der Waals surface area contributed by atoms with Gasteiger partial charge in [0.1, 0.15) is 0 Å². The van der Waals surface area contributed by atoms with Gasteiger partial charge in [0, 0.05) is 5.56 Å². The summed E-state index contributed by atoms with van der Waals surface area (Å²) in [5.74, 6) is -8.73. The predicted molar refractivity (Wildman–Crippen MR) is 123 cm³/mol. The van der Waals surface area contributed by atoms with Crippen molar-refractivity contribution >= 4 is 0 Å². The summed E-state index contributed by atoms with van der Waals surface area (Å²) in [6, 6.07) is 9.26. The third-order valence-corrected chi connectivity index (χ3v) is 6.82. The summed E-state index contributed by atoms with van der Waals surface area (Å²) in [7, 11) is 0. The standard InChI is InChI=1S/C28H25F7O/c1-2-3-16-4-10-20(11-5-16)28(34,35)36-24-13-12-21(25(31)27(24)33)18-8-6-17(7-9-18)19-14-22(29)26(32)23(30)15-19/h6-9,12-16,20H,2-5,10-11H2,1H3. The molecule has 0 aromatic heterocycles. The van der Waals surface area contributed by atoms with Crippen molar-refractivity contribution in [2.75, 3.05) is 0 Å². The van der Waals surface area contributed by atoms with E-state index in [-0.39, 0.29) is 29.5 Å². The zero-order valence-electron chi connectivity index (χ0n) is 19.6. The molecule has 1 saturated carbocycles. The van der Waals surface area contributed by atoms with Crippen molar-refractivity contribution in [3.05, 3.63) is 77.6 Å². The van der Waals surface area contributed by atoms with Gasteiger partial charge in [-0.25, -0.2) is 17.6 Å². The Kier molecular flexibility index (Phi) is 7.62. The van der Waals surface area contributed by atoms with E-state index >= 15 is 0 Å². The van der Waals surface area contributed by atoms with Crippen molar-refractivity contribution in [3.8, 4) is 28.0 Å². The fourth-order valence-corrected chi connectivity index (χ4v) is 4.82. The topological polar surface area (TPSA) is 9.23 Å². The quantitative estimate of drug-likeness (QED) is 0.227. The molecule has 1 aliphatic rings. The van der Waals surface area contributed by atoms with Gasteiger partial charge in [-0.15, -0.1) is 0 Å². The Labute approximate surface area is 204 Å². The fourth-order valence-electron chi connectivity index (χ4n) is 4.82. The van der Waals surface area contributed by atoms with Gasteiger partial charge in [0.25, 0.3) is 0 Å². The second-order valence-corrected chi connectivity index (χ2v) is 9.24. The normalized spacial score (nSPS) is 18.3. The van der Waals surface area contributed by atoms with Crippen molar-refractivity contribution in [2.24, 2.45) is 11.8 Å². The number of ether oxygens (including phenoxy) is 1. The summed E-state index contributed by atoms with van der Waals surface area (Å²) < 4.78 is 104. The maximum absolute atomic E-state index is 14.8. The van der Waals surface area contributed by atoms with Gasteiger partial charge >= 0.3 is 6.11 Å². The Morgan fingerprint density at radius 2 is 1.31 bits per heavy atom. The Morgan fingerprint density at radius 3 is 1.89 bits per heavy atom. The monoisotopic (exact) mass is 510 g/mol. The number of rotatable bonds is 7. The van der Waals surface area contributed by atoms with Crippen LogP contribution in [0.5, 0.6) is 5.75 Å². The summed E-state index contributed by atoms with van der Waals surface area (Å²) in [5, 5.41) is 0. The molecule has 192 valence electrons. The molecule has 0 aliphatic heterocycles. The van der Waals surface area contributed by atoms with Crippen LogP contribution >= 0.6 is 0 Å². The lowest BCUT2D eigenvalue weighted by atomic mass is 9.79. The summed E-state index contributed by atoms with van der Waals surface area (Å²) in [6.45, 7) is 2.05. The third kappa shape index (κ3) is 5.37. The van der Waals surface area contributed by atoms with Crippen LogP contribution in [0.2, 0.25) is 0 Å². The average Bonchev–Trinajstić information content (AvgIpc) is 2.86. The molecular weight excluding hydrogens is 485 g/mol. The third-order valence-electron chi connectivity index (χ3n) is 6.82. The van der Waals surface area contributed by atoms with Crippen LogP contribution in [0.25, 0.3) is 22.3 Å². The van der Waals surface area contributed by atoms with Crippen molar-refractivity contribution in [3.63, 3.8) is 0 Å². The van der Waals surface area contributed by atoms with Crippen LogP contribution in [-0.2, 0) is 0 Å². The van der Waals surface area contributed by atoms with Crippen LogP contribution in [0.1, 0.15) is 45.4 Å². The van der Waals surface area contributed by atoms with E-state index in [9.17, 15) is 30.7 Å². The van der Waals surface area contributed by atoms with Gasteiger partial charge in [0.05, 0.1) is 5.92 Å². The Bertz CT molecular complexity index is 1190. The molecule has 3 aromatic rings. The smallest absolute Gasteiger partial charge is 0.400 e. The first-order chi connectivity index (χ1) is 17.1. The minimum atomic E-state index is -3.63. The van der Waals surface area contributed by atoms with E-state index in [1.807, 2.05) is 6.92 Å². The molecule has 1 aliphatic carbocycles. The molecule has 4 rings (SSSR count). The molecule has 0 bridgehead atoms. The van der Waals surface area contributed by atoms with Crippen LogP contribution in [0.15, 0.2) is 48.5 Å². The minimum absolute atomic E-state index is 0.0549. The van der Waals surface area contributed by atoms with Crippen molar-refractivity contribution < 1.29 is 35.5 Å². The predicted octanol–water partition coefficient (Wildman–Crippen LogP) is 9.29. The van der Waals surface area contributed by atoms with E-state index in [0.29, 0.717) is 24.3 Å². The molecule has 8 heteroatoms. The molecule has 0 saturated heterocycles. The van der Waals surface area contributed by atoms with E-state index in [1.165, 1.54) is 24.3 Å². The fraction of sp³-hybridized carbons (Fsp3) is 0.357. The molecule has 1 fully saturated rings. The number of halogens is 7. The van der Waals surface area contributed by atoms with Gasteiger partial charge in [-0.3, -0.25) is 0 Å². The molecule has 3 aromatic carbocycles. The second-order valence-electron chi connectivity index (χ2n) is 9.24. The largest absolute Gasteiger partial charge is 0.429 e. The minimum Gasteiger partial charge on any atom is -0.429 e. The summed E-state index contributed by atoms with van der Waals surface area (Å²) >= 11 is 0. The number of alkyl halides is 2. The van der Waals surface area contributed by atoms with Gasteiger partial charge < -0.3 is 4.74 Å². The van der Waals surface area contributed by atoms with E-state index in [1.54, 1.807) is 0 Å². The lowest BCUT2D eigenvalue weighted by molar-refractivity contribution is -0.224. The molecular formula is C28H25F7O. The first kappa shape index (κ1) is 26.0. The second kappa shape index (κ2) is 10.5. The van der Waals surface area contributed by atoms with Gasteiger partial charge in [-0.1, -0.05) is 44.0 Å². The average molecular weight is 510 g/mol. The van der Waals surface area contributed by atoms with Gasteiger partial charge in [0.15, 0.2) is 29.0 Å². The summed E-state index contributed by atoms with van der Waals surface area (Å²) in [6.07, 6.45) is 0.167. The maximum Gasteiger partial charge on any atom is 0.400 e. The Morgan fingerprint density at radius 1 is 0.722 bits per heavy atom. The zero-order valence-corrected chi connectivity index (χ0v) is 19.6. The van der Waals surface area contributed by atoms with Crippen molar-refractivity contribution in [1.82, 2.24) is 0 Å². The SMILES string of the molecule is CCCC1CCC(C(F)(F)Oc2ccc(-c3ccc(-c4cc(F)c(F)c(F)c4)cc3)c(F)c2F)CC1. The summed E-state index contributed by atoms with van der Waals surface area (Å²) in [5.41, 5.74) is 0.363. The number of hydrogen-bond donors (Lipinski definition) is 0. The highest BCUT2D eigenvalue weighted by Gasteiger charge is 2.44. The molecule has 0 N–H and O–H groups in total. The zero-order chi connectivity index (χ0) is 26.0. The highest BCUT2D eigenvalue weighted by atomic mass is 19.3. The molecule has 0 heterocycles. The Balaban J connectivity index is 1.51. The number of benzene rings is 3. The highest BCUT2D eigenvalue weighted by Crippen LogP contribution is 2.42. The van der Waals surface area contributed by atoms with E-state index in [0.717, 1.165) is 37.1 Å². The molecule has 36 heavy (non-hydrogen) atoms. The number of hydrogen-bond acceptors (Lipinski definition) is 1. The van der Waals surface area contributed by atoms with Crippen LogP contribution in [-0.4, -0.2) is 6.11 Å². The molecule has 0 amide bonds. The molecule has 0 unspecified atom stereocenters. The maximum atomic E-state index is 14.8. The lowest BCUT2D eigenvalue weighted by Crippen LogP contribution is -2.37. The summed E-state index contributed by atoms with van der Waals surface area (Å²) in [4.78, 5) is 0. The molecule has 0 radical (unpaired) electrons.